The van der Waals surface area contributed by atoms with E-state index in [4.69, 9.17) is 5.73 Å². The molecule has 0 saturated carbocycles. The van der Waals surface area contributed by atoms with E-state index in [9.17, 15) is 0 Å². The van der Waals surface area contributed by atoms with Crippen molar-refractivity contribution in [2.45, 2.75) is 12.3 Å². The zero-order chi connectivity index (χ0) is 7.40. The lowest BCUT2D eigenvalue weighted by atomic mass is 10.1. The zero-order valence-electron chi connectivity index (χ0n) is 5.75. The van der Waals surface area contributed by atoms with E-state index < -0.39 is 0 Å². The minimum absolute atomic E-state index is 0.613. The summed E-state index contributed by atoms with van der Waals surface area (Å²) >= 11 is 4.16. The van der Waals surface area contributed by atoms with Crippen LogP contribution in [0.4, 0.5) is 0 Å². The molecule has 1 nitrogen and oxygen atoms in total. The van der Waals surface area contributed by atoms with E-state index in [1.165, 1.54) is 11.1 Å². The quantitative estimate of drug-likeness (QED) is 0.620. The third-order valence-electron chi connectivity index (χ3n) is 1.41. The summed E-state index contributed by atoms with van der Waals surface area (Å²) in [6.45, 7) is 0.613. The van der Waals surface area contributed by atoms with Gasteiger partial charge in [-0.15, -0.1) is 0 Å². The number of hydrogen-bond donors (Lipinski definition) is 2. The van der Waals surface area contributed by atoms with Crippen molar-refractivity contribution in [1.82, 2.24) is 0 Å². The Labute approximate surface area is 66.7 Å². The monoisotopic (exact) mass is 153 g/mol. The Kier molecular flexibility index (Phi) is 2.78. The van der Waals surface area contributed by atoms with Crippen LogP contribution < -0.4 is 5.73 Å². The molecule has 1 aromatic rings. The molecule has 0 unspecified atom stereocenters. The van der Waals surface area contributed by atoms with Crippen LogP contribution in [0, 0.1) is 0 Å². The van der Waals surface area contributed by atoms with Gasteiger partial charge in [0.05, 0.1) is 0 Å². The summed E-state index contributed by atoms with van der Waals surface area (Å²) in [4.78, 5) is 0. The molecule has 0 aliphatic heterocycles. The van der Waals surface area contributed by atoms with Gasteiger partial charge in [-0.1, -0.05) is 24.3 Å². The van der Waals surface area contributed by atoms with Crippen molar-refractivity contribution in [1.29, 1.82) is 0 Å². The summed E-state index contributed by atoms with van der Waals surface area (Å²) in [6.07, 6.45) is 0. The lowest BCUT2D eigenvalue weighted by Gasteiger charge is -1.98. The first kappa shape index (κ1) is 7.63. The van der Waals surface area contributed by atoms with Gasteiger partial charge in [-0.3, -0.25) is 0 Å². The van der Waals surface area contributed by atoms with E-state index in [0.29, 0.717) is 6.54 Å². The second-order valence-electron chi connectivity index (χ2n) is 2.18. The lowest BCUT2D eigenvalue weighted by Crippen LogP contribution is -1.95. The number of rotatable bonds is 2. The molecule has 0 aliphatic carbocycles. The van der Waals surface area contributed by atoms with E-state index in [1.807, 2.05) is 18.2 Å². The molecule has 0 aliphatic rings. The smallest absolute Gasteiger partial charge is 0.0178 e. The first-order valence-corrected chi connectivity index (χ1v) is 3.89. The molecule has 0 radical (unpaired) electrons. The summed E-state index contributed by atoms with van der Waals surface area (Å²) in [7, 11) is 0. The van der Waals surface area contributed by atoms with E-state index >= 15 is 0 Å². The van der Waals surface area contributed by atoms with Crippen LogP contribution in [0.3, 0.4) is 0 Å². The van der Waals surface area contributed by atoms with Crippen LogP contribution >= 0.6 is 12.6 Å². The average Bonchev–Trinajstić information content (AvgIpc) is 2.05. The van der Waals surface area contributed by atoms with Crippen molar-refractivity contribution in [2.24, 2.45) is 5.73 Å². The molecule has 2 heteroatoms. The molecule has 0 bridgehead atoms. The standard InChI is InChI=1S/C8H11NS/c9-5-7-2-1-3-8(4-7)6-10/h1-4,10H,5-6,9H2. The Bertz CT molecular complexity index is 191. The van der Waals surface area contributed by atoms with Crippen LogP contribution in [0.15, 0.2) is 24.3 Å². The van der Waals surface area contributed by atoms with Gasteiger partial charge >= 0.3 is 0 Å². The predicted molar refractivity (Wildman–Crippen MR) is 47.0 cm³/mol. The van der Waals surface area contributed by atoms with E-state index in [1.54, 1.807) is 0 Å². The summed E-state index contributed by atoms with van der Waals surface area (Å²) < 4.78 is 0. The molecule has 54 valence electrons. The molecule has 0 heterocycles. The fourth-order valence-electron chi connectivity index (χ4n) is 0.855. The van der Waals surface area contributed by atoms with Gasteiger partial charge in [0, 0.05) is 12.3 Å². The van der Waals surface area contributed by atoms with Gasteiger partial charge in [0.15, 0.2) is 0 Å². The highest BCUT2D eigenvalue weighted by molar-refractivity contribution is 7.79. The van der Waals surface area contributed by atoms with Crippen molar-refractivity contribution in [3.63, 3.8) is 0 Å². The van der Waals surface area contributed by atoms with E-state index in [2.05, 4.69) is 18.7 Å². The third kappa shape index (κ3) is 1.75. The molecule has 10 heavy (non-hydrogen) atoms. The fourth-order valence-corrected chi connectivity index (χ4v) is 1.05. The van der Waals surface area contributed by atoms with Gasteiger partial charge in [-0.05, 0) is 11.1 Å². The zero-order valence-corrected chi connectivity index (χ0v) is 6.64. The van der Waals surface area contributed by atoms with Gasteiger partial charge in [0.1, 0.15) is 0 Å². The highest BCUT2D eigenvalue weighted by Crippen LogP contribution is 2.06. The molecule has 0 atom stereocenters. The van der Waals surface area contributed by atoms with Crippen LogP contribution in [-0.2, 0) is 12.3 Å². The number of hydrogen-bond acceptors (Lipinski definition) is 2. The third-order valence-corrected chi connectivity index (χ3v) is 1.77. The SMILES string of the molecule is NCc1cccc(CS)c1. The second-order valence-corrected chi connectivity index (χ2v) is 2.50. The summed E-state index contributed by atoms with van der Waals surface area (Å²) in [5.41, 5.74) is 7.85. The van der Waals surface area contributed by atoms with Crippen molar-refractivity contribution >= 4 is 12.6 Å². The molecule has 2 N–H and O–H groups in total. The maximum Gasteiger partial charge on any atom is 0.0178 e. The average molecular weight is 153 g/mol. The Morgan fingerprint density at radius 1 is 1.30 bits per heavy atom. The number of thiol groups is 1. The number of nitrogens with two attached hydrogens (primary N) is 1. The Balaban J connectivity index is 2.87. The normalized spacial score (nSPS) is 9.80. The minimum Gasteiger partial charge on any atom is -0.326 e. The maximum absolute atomic E-state index is 5.45. The van der Waals surface area contributed by atoms with Crippen LogP contribution in [0.25, 0.3) is 0 Å². The number of benzene rings is 1. The highest BCUT2D eigenvalue weighted by Gasteiger charge is 1.90. The molecular weight excluding hydrogens is 142 g/mol. The predicted octanol–water partition coefficient (Wildman–Crippen LogP) is 1.58. The van der Waals surface area contributed by atoms with Crippen molar-refractivity contribution in [3.05, 3.63) is 35.4 Å². The van der Waals surface area contributed by atoms with E-state index in [-0.39, 0.29) is 0 Å². The van der Waals surface area contributed by atoms with Crippen molar-refractivity contribution in [2.75, 3.05) is 0 Å². The first-order chi connectivity index (χ1) is 4.86. The first-order valence-electron chi connectivity index (χ1n) is 3.25. The summed E-state index contributed by atoms with van der Waals surface area (Å²) in [5.74, 6) is 0.786. The molecule has 0 amide bonds. The van der Waals surface area contributed by atoms with Crippen molar-refractivity contribution < 1.29 is 0 Å². The van der Waals surface area contributed by atoms with Gasteiger partial charge in [-0.25, -0.2) is 0 Å². The Morgan fingerprint density at radius 3 is 2.60 bits per heavy atom. The van der Waals surface area contributed by atoms with Crippen LogP contribution in [-0.4, -0.2) is 0 Å². The molecule has 0 aromatic heterocycles. The Hall–Kier alpha value is -0.470. The van der Waals surface area contributed by atoms with Gasteiger partial charge in [0.2, 0.25) is 0 Å². The van der Waals surface area contributed by atoms with Crippen LogP contribution in [0.1, 0.15) is 11.1 Å². The topological polar surface area (TPSA) is 26.0 Å². The largest absolute Gasteiger partial charge is 0.326 e. The molecule has 1 rings (SSSR count). The minimum atomic E-state index is 0.613. The molecular formula is C8H11NS. The van der Waals surface area contributed by atoms with Crippen LogP contribution in [0.2, 0.25) is 0 Å². The van der Waals surface area contributed by atoms with Gasteiger partial charge in [-0.2, -0.15) is 12.6 Å². The second kappa shape index (κ2) is 3.64. The van der Waals surface area contributed by atoms with E-state index in [0.717, 1.165) is 5.75 Å². The summed E-state index contributed by atoms with van der Waals surface area (Å²) in [6, 6.07) is 8.15. The highest BCUT2D eigenvalue weighted by atomic mass is 32.1. The van der Waals surface area contributed by atoms with Crippen molar-refractivity contribution in [3.8, 4) is 0 Å². The van der Waals surface area contributed by atoms with Gasteiger partial charge in [0.25, 0.3) is 0 Å². The lowest BCUT2D eigenvalue weighted by molar-refractivity contribution is 1.06. The molecule has 1 aromatic carbocycles. The Morgan fingerprint density at radius 2 is 2.00 bits per heavy atom. The molecule has 0 saturated heterocycles. The van der Waals surface area contributed by atoms with Crippen LogP contribution in [0.5, 0.6) is 0 Å². The molecule has 0 fully saturated rings. The van der Waals surface area contributed by atoms with Gasteiger partial charge < -0.3 is 5.73 Å². The summed E-state index contributed by atoms with van der Waals surface area (Å²) in [5, 5.41) is 0. The molecule has 0 spiro atoms. The maximum atomic E-state index is 5.45. The fraction of sp³-hybridized carbons (Fsp3) is 0.250.